The number of benzene rings is 12. The van der Waals surface area contributed by atoms with E-state index in [9.17, 15) is 0 Å². The van der Waals surface area contributed by atoms with Crippen LogP contribution in [0.3, 0.4) is 0 Å². The normalized spacial score (nSPS) is 14.7. The summed E-state index contributed by atoms with van der Waals surface area (Å²) in [6.07, 6.45) is 7.15. The van der Waals surface area contributed by atoms with E-state index in [0.29, 0.717) is 0 Å². The quantitative estimate of drug-likeness (QED) is 0.110. The highest BCUT2D eigenvalue weighted by molar-refractivity contribution is 6.02. The lowest BCUT2D eigenvalue weighted by atomic mass is 9.77. The molecule has 0 aromatic heterocycles. The summed E-state index contributed by atoms with van der Waals surface area (Å²) in [7, 11) is 0. The molecule has 0 atom stereocenters. The number of hydrogen-bond donors (Lipinski definition) is 0. The third kappa shape index (κ3) is 9.15. The first-order valence-electron chi connectivity index (χ1n) is 31.1. The summed E-state index contributed by atoms with van der Waals surface area (Å²) in [6, 6.07) is 108. The maximum atomic E-state index is 2.40. The van der Waals surface area contributed by atoms with Crippen LogP contribution in [0.1, 0.15) is 125 Å². The lowest BCUT2D eigenvalue weighted by Gasteiger charge is -2.26. The van der Waals surface area contributed by atoms with Crippen LogP contribution in [0, 0.1) is 0 Å². The van der Waals surface area contributed by atoms with Gasteiger partial charge in [-0.2, -0.15) is 0 Å². The molecule has 1 nitrogen and oxygen atoms in total. The Morgan fingerprint density at radius 2 is 0.545 bits per heavy atom. The molecule has 0 saturated heterocycles. The van der Waals surface area contributed by atoms with E-state index >= 15 is 0 Å². The molecule has 0 unspecified atom stereocenters. The van der Waals surface area contributed by atoms with E-state index in [-0.39, 0.29) is 16.2 Å². The van der Waals surface area contributed by atoms with Crippen LogP contribution in [0.5, 0.6) is 0 Å². The number of anilines is 3. The molecular weight excluding hydrogens is 1060 g/mol. The molecule has 0 aliphatic heterocycles. The first kappa shape index (κ1) is 54.3. The van der Waals surface area contributed by atoms with Gasteiger partial charge in [-0.25, -0.2) is 0 Å². The minimum Gasteiger partial charge on any atom is -0.311 e. The van der Waals surface area contributed by atoms with E-state index < -0.39 is 0 Å². The van der Waals surface area contributed by atoms with E-state index in [1.54, 1.807) is 0 Å². The van der Waals surface area contributed by atoms with Gasteiger partial charge in [-0.15, -0.1) is 0 Å². The van der Waals surface area contributed by atoms with Crippen LogP contribution in [0.25, 0.3) is 68.3 Å². The summed E-state index contributed by atoms with van der Waals surface area (Å²) in [4.78, 5) is 2.40. The topological polar surface area (TPSA) is 3.24 Å². The van der Waals surface area contributed by atoms with Crippen LogP contribution in [-0.2, 0) is 16.2 Å². The van der Waals surface area contributed by atoms with Gasteiger partial charge in [0.05, 0.1) is 0 Å². The van der Waals surface area contributed by atoms with Gasteiger partial charge in [0.15, 0.2) is 0 Å². The maximum absolute atomic E-state index is 2.40. The molecule has 12 aromatic carbocycles. The Kier molecular flexibility index (Phi) is 13.3. The molecule has 0 amide bonds. The Morgan fingerprint density at radius 1 is 0.250 bits per heavy atom. The van der Waals surface area contributed by atoms with Crippen LogP contribution in [0.4, 0.5) is 17.1 Å². The Bertz CT molecular complexity index is 4540. The number of nitrogens with zero attached hydrogens (tertiary/aromatic N) is 1. The van der Waals surface area contributed by atoms with Gasteiger partial charge < -0.3 is 4.90 Å². The predicted molar refractivity (Wildman–Crippen MR) is 373 cm³/mol. The molecular formula is C87H69N. The predicted octanol–water partition coefficient (Wildman–Crippen LogP) is 22.8. The van der Waals surface area contributed by atoms with Gasteiger partial charge >= 0.3 is 0 Å². The molecule has 0 N–H and O–H groups in total. The van der Waals surface area contributed by atoms with Crippen molar-refractivity contribution in [2.24, 2.45) is 0 Å². The summed E-state index contributed by atoms with van der Waals surface area (Å²) in [5.74, 6) is 0. The standard InChI is InChI=1S/C87H69N/c1-85(2)78-39-20-17-32-72(78)82-68(34-23-41-80(82)85)74(61-25-10-7-11-26-61)55-58-43-49-64(50-44-58)88(65-51-45-59(46-52-65)56-75(62-27-12-8-13-28-62)69-35-24-42-81-83(69)73-33-18-21-40-79(73)86(81,3)4)66-53-47-60(48-54-66)57-76(63-29-14-9-15-30-63)71-37-22-36-70-67-31-16-19-38-77(67)87(5,6)84(70)71/h7-57H,1-6H3. The second-order valence-corrected chi connectivity index (χ2v) is 25.6. The van der Waals surface area contributed by atoms with Crippen molar-refractivity contribution in [3.8, 4) is 33.4 Å². The van der Waals surface area contributed by atoms with E-state index in [0.717, 1.165) is 33.8 Å². The van der Waals surface area contributed by atoms with Gasteiger partial charge in [-0.3, -0.25) is 0 Å². The zero-order valence-electron chi connectivity index (χ0n) is 50.9. The van der Waals surface area contributed by atoms with Crippen molar-refractivity contribution in [3.63, 3.8) is 0 Å². The zero-order valence-corrected chi connectivity index (χ0v) is 50.9. The van der Waals surface area contributed by atoms with Crippen LogP contribution < -0.4 is 4.90 Å². The van der Waals surface area contributed by atoms with Crippen molar-refractivity contribution in [3.05, 3.63) is 375 Å². The highest BCUT2D eigenvalue weighted by Gasteiger charge is 2.40. The van der Waals surface area contributed by atoms with Crippen molar-refractivity contribution in [1.82, 2.24) is 0 Å². The summed E-state index contributed by atoms with van der Waals surface area (Å²) in [5, 5.41) is 0. The van der Waals surface area contributed by atoms with E-state index in [4.69, 9.17) is 0 Å². The van der Waals surface area contributed by atoms with Gasteiger partial charge in [0.25, 0.3) is 0 Å². The summed E-state index contributed by atoms with van der Waals surface area (Å²) in [5.41, 5.74) is 33.3. The number of fused-ring (bicyclic) bond motifs is 9. The summed E-state index contributed by atoms with van der Waals surface area (Å²) < 4.78 is 0. The molecule has 3 aliphatic carbocycles. The Labute approximate surface area is 519 Å². The smallest absolute Gasteiger partial charge is 0.0462 e. The molecule has 0 radical (unpaired) electrons. The minimum absolute atomic E-state index is 0.106. The molecule has 12 aromatic rings. The molecule has 0 bridgehead atoms. The van der Waals surface area contributed by atoms with E-state index in [1.165, 1.54) is 117 Å². The molecule has 88 heavy (non-hydrogen) atoms. The van der Waals surface area contributed by atoms with Gasteiger partial charge in [0.1, 0.15) is 0 Å². The first-order valence-corrected chi connectivity index (χ1v) is 31.1. The molecule has 0 saturated carbocycles. The van der Waals surface area contributed by atoms with Crippen molar-refractivity contribution in [2.45, 2.75) is 57.8 Å². The van der Waals surface area contributed by atoms with Crippen molar-refractivity contribution < 1.29 is 0 Å². The van der Waals surface area contributed by atoms with Crippen molar-refractivity contribution in [1.29, 1.82) is 0 Å². The summed E-state index contributed by atoms with van der Waals surface area (Å²) in [6.45, 7) is 14.2. The fourth-order valence-corrected chi connectivity index (χ4v) is 14.9. The molecule has 1 heteroatoms. The number of hydrogen-bond acceptors (Lipinski definition) is 1. The largest absolute Gasteiger partial charge is 0.311 e. The third-order valence-corrected chi connectivity index (χ3v) is 19.3. The molecule has 0 heterocycles. The molecule has 3 aliphatic rings. The van der Waals surface area contributed by atoms with Crippen LogP contribution in [0.2, 0.25) is 0 Å². The highest BCUT2D eigenvalue weighted by Crippen LogP contribution is 2.55. The van der Waals surface area contributed by atoms with Crippen molar-refractivity contribution >= 4 is 52.0 Å². The fraction of sp³-hybridized carbons (Fsp3) is 0.103. The maximum Gasteiger partial charge on any atom is 0.0462 e. The molecule has 0 fully saturated rings. The lowest BCUT2D eigenvalue weighted by molar-refractivity contribution is 0.658. The van der Waals surface area contributed by atoms with E-state index in [2.05, 4.69) is 356 Å². The first-order chi connectivity index (χ1) is 42.9. The monoisotopic (exact) mass is 1130 g/mol. The second kappa shape index (κ2) is 21.6. The van der Waals surface area contributed by atoms with Gasteiger partial charge in [0, 0.05) is 33.3 Å². The number of rotatable bonds is 12. The second-order valence-electron chi connectivity index (χ2n) is 25.6. The SMILES string of the molecule is CC1(C)c2ccccc2-c2c(C(=Cc3ccc(N(c4ccc(C=C(c5ccccc5)c5cccc6c5-c5ccccc5C6(C)C)cc4)c4ccc(C=C(c5ccccc5)c5cccc6c5C(C)(C)c5ccccc5-6)cc4)cc3)c3ccccc3)cccc21. The Morgan fingerprint density at radius 3 is 0.943 bits per heavy atom. The molecule has 422 valence electrons. The van der Waals surface area contributed by atoms with Gasteiger partial charge in [-0.1, -0.05) is 296 Å². The van der Waals surface area contributed by atoms with Crippen LogP contribution in [0.15, 0.2) is 291 Å². The highest BCUT2D eigenvalue weighted by atomic mass is 15.1. The van der Waals surface area contributed by atoms with Gasteiger partial charge in [-0.05, 0) is 188 Å². The Balaban J connectivity index is 0.849. The lowest BCUT2D eigenvalue weighted by Crippen LogP contribution is -2.17. The van der Waals surface area contributed by atoms with Gasteiger partial charge in [0.2, 0.25) is 0 Å². The van der Waals surface area contributed by atoms with Crippen LogP contribution >= 0.6 is 0 Å². The average Bonchev–Trinajstić information content (AvgIpc) is 1.83. The van der Waals surface area contributed by atoms with Crippen molar-refractivity contribution in [2.75, 3.05) is 4.90 Å². The third-order valence-electron chi connectivity index (χ3n) is 19.3. The summed E-state index contributed by atoms with van der Waals surface area (Å²) >= 11 is 0. The van der Waals surface area contributed by atoms with E-state index in [1.807, 2.05) is 0 Å². The zero-order chi connectivity index (χ0) is 59.7. The van der Waals surface area contributed by atoms with Crippen LogP contribution in [-0.4, -0.2) is 0 Å². The molecule has 15 rings (SSSR count). The molecule has 0 spiro atoms. The Hall–Kier alpha value is -10.3. The average molecular weight is 1130 g/mol. The fourth-order valence-electron chi connectivity index (χ4n) is 14.9. The minimum atomic E-state index is -0.167.